The summed E-state index contributed by atoms with van der Waals surface area (Å²) in [5.74, 6) is 7.28. The van der Waals surface area contributed by atoms with Gasteiger partial charge >= 0.3 is 0 Å². The average molecular weight is 265 g/mol. The highest BCUT2D eigenvalue weighted by Crippen LogP contribution is 2.22. The van der Waals surface area contributed by atoms with E-state index in [1.807, 2.05) is 12.3 Å². The van der Waals surface area contributed by atoms with Crippen LogP contribution in [0.2, 0.25) is 0 Å². The lowest BCUT2D eigenvalue weighted by Gasteiger charge is -2.10. The first-order valence-electron chi connectivity index (χ1n) is 7.57. The van der Waals surface area contributed by atoms with Gasteiger partial charge in [-0.1, -0.05) is 50.8 Å². The predicted molar refractivity (Wildman–Crippen MR) is 86.7 cm³/mol. The van der Waals surface area contributed by atoms with Crippen molar-refractivity contribution >= 4 is 10.9 Å². The normalized spacial score (nSPS) is 10.6. The van der Waals surface area contributed by atoms with Gasteiger partial charge in [-0.2, -0.15) is 0 Å². The molecule has 0 fully saturated rings. The number of hydrogen-bond acceptors (Lipinski definition) is 1. The molecule has 2 aromatic rings. The molecule has 2 rings (SSSR count). The highest BCUT2D eigenvalue weighted by molar-refractivity contribution is 5.84. The molecule has 0 bridgehead atoms. The molecule has 0 spiro atoms. The van der Waals surface area contributed by atoms with E-state index >= 15 is 0 Å². The topological polar surface area (TPSA) is 12.9 Å². The Morgan fingerprint density at radius 1 is 1.20 bits per heavy atom. The van der Waals surface area contributed by atoms with Crippen molar-refractivity contribution in [3.05, 3.63) is 41.6 Å². The summed E-state index contributed by atoms with van der Waals surface area (Å²) in [6, 6.07) is 8.39. The molecule has 0 atom stereocenters. The van der Waals surface area contributed by atoms with Crippen molar-refractivity contribution in [2.45, 2.75) is 46.5 Å². The van der Waals surface area contributed by atoms with Crippen LogP contribution in [0.25, 0.3) is 10.9 Å². The van der Waals surface area contributed by atoms with Crippen molar-refractivity contribution < 1.29 is 0 Å². The first-order valence-corrected chi connectivity index (χ1v) is 7.57. The van der Waals surface area contributed by atoms with E-state index in [0.717, 1.165) is 30.3 Å². The summed E-state index contributed by atoms with van der Waals surface area (Å²) in [4.78, 5) is 4.55. The molecule has 20 heavy (non-hydrogen) atoms. The van der Waals surface area contributed by atoms with Crippen molar-refractivity contribution in [1.82, 2.24) is 4.98 Å². The second-order valence-corrected chi connectivity index (χ2v) is 5.65. The number of rotatable bonds is 4. The number of nitrogens with zero attached hydrogens (tertiary/aromatic N) is 1. The Morgan fingerprint density at radius 2 is 2.00 bits per heavy atom. The van der Waals surface area contributed by atoms with E-state index in [2.05, 4.69) is 55.8 Å². The molecule has 0 aliphatic heterocycles. The van der Waals surface area contributed by atoms with Gasteiger partial charge in [0.1, 0.15) is 0 Å². The molecular weight excluding hydrogens is 242 g/mol. The molecule has 104 valence electrons. The summed E-state index contributed by atoms with van der Waals surface area (Å²) in [6.45, 7) is 6.70. The summed E-state index contributed by atoms with van der Waals surface area (Å²) in [5.41, 5.74) is 3.55. The summed E-state index contributed by atoms with van der Waals surface area (Å²) in [5, 5.41) is 1.26. The van der Waals surface area contributed by atoms with E-state index in [1.54, 1.807) is 0 Å². The number of unbranched alkanes of at least 4 members (excludes halogenated alkanes) is 1. The number of pyridine rings is 1. The maximum absolute atomic E-state index is 4.55. The number of fused-ring (bicyclic) bond motifs is 1. The van der Waals surface area contributed by atoms with E-state index in [4.69, 9.17) is 0 Å². The molecule has 0 saturated carbocycles. The fourth-order valence-corrected chi connectivity index (χ4v) is 2.29. The minimum Gasteiger partial charge on any atom is -0.255 e. The second-order valence-electron chi connectivity index (χ2n) is 5.65. The lowest BCUT2D eigenvalue weighted by atomic mass is 9.96. The van der Waals surface area contributed by atoms with E-state index < -0.39 is 0 Å². The van der Waals surface area contributed by atoms with Crippen LogP contribution < -0.4 is 0 Å². The van der Waals surface area contributed by atoms with E-state index in [1.165, 1.54) is 17.4 Å². The van der Waals surface area contributed by atoms with Gasteiger partial charge in [0.25, 0.3) is 0 Å². The van der Waals surface area contributed by atoms with Crippen molar-refractivity contribution in [3.8, 4) is 11.8 Å². The Balaban J connectivity index is 2.45. The van der Waals surface area contributed by atoms with Gasteiger partial charge < -0.3 is 0 Å². The molecule has 1 aromatic carbocycles. The zero-order valence-corrected chi connectivity index (χ0v) is 12.7. The van der Waals surface area contributed by atoms with Crippen molar-refractivity contribution in [2.75, 3.05) is 0 Å². The van der Waals surface area contributed by atoms with Gasteiger partial charge in [-0.15, -0.1) is 0 Å². The number of aryl methyl sites for hydroxylation is 1. The van der Waals surface area contributed by atoms with Crippen LogP contribution in [0.4, 0.5) is 0 Å². The van der Waals surface area contributed by atoms with E-state index in [-0.39, 0.29) is 0 Å². The van der Waals surface area contributed by atoms with Crippen LogP contribution in [0.15, 0.2) is 30.5 Å². The Hall–Kier alpha value is -1.81. The SMILES string of the molecule is CCCC#Cc1cnc2ccccc2c1CCC(C)C. The average Bonchev–Trinajstić information content (AvgIpc) is 2.45. The minimum absolute atomic E-state index is 0.707. The van der Waals surface area contributed by atoms with Gasteiger partial charge in [-0.3, -0.25) is 4.98 Å². The minimum atomic E-state index is 0.707. The third-order valence-electron chi connectivity index (χ3n) is 3.46. The van der Waals surface area contributed by atoms with Gasteiger partial charge in [-0.25, -0.2) is 0 Å². The fraction of sp³-hybridized carbons (Fsp3) is 0.421. The Morgan fingerprint density at radius 3 is 2.75 bits per heavy atom. The molecule has 0 unspecified atom stereocenters. The first kappa shape index (κ1) is 14.6. The number of benzene rings is 1. The zero-order valence-electron chi connectivity index (χ0n) is 12.7. The van der Waals surface area contributed by atoms with Crippen LogP contribution in [0.3, 0.4) is 0 Å². The highest BCUT2D eigenvalue weighted by atomic mass is 14.7. The summed E-state index contributed by atoms with van der Waals surface area (Å²) in [6.07, 6.45) is 6.28. The predicted octanol–water partition coefficient (Wildman–Crippen LogP) is 4.98. The van der Waals surface area contributed by atoms with Crippen LogP contribution >= 0.6 is 0 Å². The third-order valence-corrected chi connectivity index (χ3v) is 3.46. The van der Waals surface area contributed by atoms with Gasteiger partial charge in [0.05, 0.1) is 5.52 Å². The molecule has 0 saturated heterocycles. The zero-order chi connectivity index (χ0) is 14.4. The van der Waals surface area contributed by atoms with Gasteiger partial charge in [-0.05, 0) is 36.8 Å². The number of hydrogen-bond donors (Lipinski definition) is 0. The summed E-state index contributed by atoms with van der Waals surface area (Å²) in [7, 11) is 0. The fourth-order valence-electron chi connectivity index (χ4n) is 2.29. The third kappa shape index (κ3) is 3.61. The van der Waals surface area contributed by atoms with E-state index in [9.17, 15) is 0 Å². The van der Waals surface area contributed by atoms with E-state index in [0.29, 0.717) is 5.92 Å². The monoisotopic (exact) mass is 265 g/mol. The van der Waals surface area contributed by atoms with Crippen LogP contribution in [-0.4, -0.2) is 4.98 Å². The van der Waals surface area contributed by atoms with Crippen molar-refractivity contribution in [1.29, 1.82) is 0 Å². The van der Waals surface area contributed by atoms with Crippen LogP contribution in [0.5, 0.6) is 0 Å². The molecule has 1 heterocycles. The molecule has 0 aliphatic rings. The molecule has 0 radical (unpaired) electrons. The molecular formula is C19H23N. The Bertz CT molecular complexity index is 629. The number of aromatic nitrogens is 1. The molecule has 1 nitrogen and oxygen atoms in total. The smallest absolute Gasteiger partial charge is 0.0705 e. The van der Waals surface area contributed by atoms with Gasteiger partial charge in [0.2, 0.25) is 0 Å². The summed E-state index contributed by atoms with van der Waals surface area (Å²) >= 11 is 0. The quantitative estimate of drug-likeness (QED) is 0.711. The molecule has 0 aliphatic carbocycles. The largest absolute Gasteiger partial charge is 0.255 e. The standard InChI is InChI=1S/C19H23N/c1-4-5-6-9-16-14-20-19-11-8-7-10-18(19)17(16)13-12-15(2)3/h7-8,10-11,14-15H,4-5,12-13H2,1-3H3. The first-order chi connectivity index (χ1) is 9.72. The highest BCUT2D eigenvalue weighted by Gasteiger charge is 2.08. The molecule has 0 N–H and O–H groups in total. The lowest BCUT2D eigenvalue weighted by Crippen LogP contribution is -1.98. The van der Waals surface area contributed by atoms with Crippen LogP contribution in [0, 0.1) is 17.8 Å². The molecule has 0 amide bonds. The second kappa shape index (κ2) is 7.10. The van der Waals surface area contributed by atoms with Crippen molar-refractivity contribution in [2.24, 2.45) is 5.92 Å². The lowest BCUT2D eigenvalue weighted by molar-refractivity contribution is 0.587. The maximum atomic E-state index is 4.55. The Kier molecular flexibility index (Phi) is 5.18. The molecule has 1 heteroatoms. The van der Waals surface area contributed by atoms with Crippen LogP contribution in [-0.2, 0) is 6.42 Å². The van der Waals surface area contributed by atoms with Crippen molar-refractivity contribution in [3.63, 3.8) is 0 Å². The Labute approximate surface area is 122 Å². The maximum Gasteiger partial charge on any atom is 0.0705 e. The van der Waals surface area contributed by atoms with Gasteiger partial charge in [0, 0.05) is 23.6 Å². The van der Waals surface area contributed by atoms with Gasteiger partial charge in [0.15, 0.2) is 0 Å². The summed E-state index contributed by atoms with van der Waals surface area (Å²) < 4.78 is 0. The molecule has 1 aromatic heterocycles. The van der Waals surface area contributed by atoms with Crippen LogP contribution in [0.1, 0.15) is 51.2 Å². The number of para-hydroxylation sites is 1.